The standard InChI is InChI=1S/C7H10N2O3S/c1-2-3-8-6(12)5(11)7(13)9-4-10/h2,4,7,13H,1,3H2,(H,8,12)(H,9,10). The highest BCUT2D eigenvalue weighted by atomic mass is 32.1. The minimum atomic E-state index is -1.10. The summed E-state index contributed by atoms with van der Waals surface area (Å²) in [6, 6.07) is 0. The number of carbonyl (C=O) groups excluding carboxylic acids is 3. The summed E-state index contributed by atoms with van der Waals surface area (Å²) >= 11 is 3.69. The van der Waals surface area contributed by atoms with Crippen LogP contribution in [0.2, 0.25) is 0 Å². The van der Waals surface area contributed by atoms with Gasteiger partial charge in [0.2, 0.25) is 6.41 Å². The Hall–Kier alpha value is -1.30. The predicted octanol–water partition coefficient (Wildman–Crippen LogP) is -1.14. The average molecular weight is 202 g/mol. The van der Waals surface area contributed by atoms with Gasteiger partial charge in [0.05, 0.1) is 0 Å². The Kier molecular flexibility index (Phi) is 5.62. The highest BCUT2D eigenvalue weighted by Gasteiger charge is 2.20. The predicted molar refractivity (Wildman–Crippen MR) is 50.2 cm³/mol. The molecule has 2 N–H and O–H groups in total. The maximum absolute atomic E-state index is 11.0. The van der Waals surface area contributed by atoms with Gasteiger partial charge in [0.1, 0.15) is 5.37 Å². The summed E-state index contributed by atoms with van der Waals surface area (Å²) in [5, 5.41) is 3.21. The topological polar surface area (TPSA) is 75.3 Å². The Labute approximate surface area is 81.0 Å². The van der Waals surface area contributed by atoms with Gasteiger partial charge in [-0.2, -0.15) is 0 Å². The van der Waals surface area contributed by atoms with Crippen molar-refractivity contribution in [1.82, 2.24) is 10.6 Å². The van der Waals surface area contributed by atoms with Gasteiger partial charge in [-0.1, -0.05) is 6.08 Å². The molecule has 5 nitrogen and oxygen atoms in total. The fraction of sp³-hybridized carbons (Fsp3) is 0.286. The first-order valence-electron chi connectivity index (χ1n) is 3.44. The lowest BCUT2D eigenvalue weighted by Gasteiger charge is -2.06. The molecule has 0 fully saturated rings. The number of Topliss-reactive ketones (excluding diaryl/α,β-unsaturated/α-hetero) is 1. The lowest BCUT2D eigenvalue weighted by Crippen LogP contribution is -2.41. The molecule has 6 heteroatoms. The van der Waals surface area contributed by atoms with Gasteiger partial charge in [-0.05, 0) is 0 Å². The number of thiol groups is 1. The molecule has 13 heavy (non-hydrogen) atoms. The monoisotopic (exact) mass is 202 g/mol. The zero-order valence-electron chi connectivity index (χ0n) is 6.82. The number of amides is 2. The smallest absolute Gasteiger partial charge is 0.290 e. The number of ketones is 1. The van der Waals surface area contributed by atoms with Crippen molar-refractivity contribution in [3.8, 4) is 0 Å². The SMILES string of the molecule is C=CCNC(=O)C(=O)C(S)NC=O. The molecule has 0 aromatic heterocycles. The van der Waals surface area contributed by atoms with Crippen molar-refractivity contribution < 1.29 is 14.4 Å². The molecule has 0 aliphatic heterocycles. The first-order chi connectivity index (χ1) is 6.13. The maximum atomic E-state index is 11.0. The van der Waals surface area contributed by atoms with Gasteiger partial charge in [-0.3, -0.25) is 14.4 Å². The van der Waals surface area contributed by atoms with Crippen LogP contribution in [0.25, 0.3) is 0 Å². The molecule has 0 saturated carbocycles. The molecule has 1 atom stereocenters. The van der Waals surface area contributed by atoms with E-state index in [0.29, 0.717) is 6.41 Å². The molecular weight excluding hydrogens is 192 g/mol. The molecule has 0 saturated heterocycles. The Morgan fingerprint density at radius 3 is 2.62 bits per heavy atom. The second-order valence-electron chi connectivity index (χ2n) is 2.05. The number of rotatable bonds is 6. The van der Waals surface area contributed by atoms with Crippen LogP contribution >= 0.6 is 12.6 Å². The molecule has 0 heterocycles. The molecule has 2 amide bonds. The third-order valence-corrected chi connectivity index (χ3v) is 1.49. The Balaban J connectivity index is 4.00. The van der Waals surface area contributed by atoms with Crippen molar-refractivity contribution in [3.63, 3.8) is 0 Å². The average Bonchev–Trinajstić information content (AvgIpc) is 2.13. The Bertz CT molecular complexity index is 230. The van der Waals surface area contributed by atoms with Crippen molar-refractivity contribution in [1.29, 1.82) is 0 Å². The maximum Gasteiger partial charge on any atom is 0.290 e. The van der Waals surface area contributed by atoms with Crippen LogP contribution in [0, 0.1) is 0 Å². The largest absolute Gasteiger partial charge is 0.346 e. The lowest BCUT2D eigenvalue weighted by molar-refractivity contribution is -0.138. The van der Waals surface area contributed by atoms with E-state index in [9.17, 15) is 14.4 Å². The fourth-order valence-corrected chi connectivity index (χ4v) is 0.694. The van der Waals surface area contributed by atoms with Crippen LogP contribution in [0.4, 0.5) is 0 Å². The summed E-state index contributed by atoms with van der Waals surface area (Å²) < 4.78 is 0. The first-order valence-corrected chi connectivity index (χ1v) is 3.95. The van der Waals surface area contributed by atoms with Crippen molar-refractivity contribution in [2.75, 3.05) is 6.54 Å². The number of hydrogen-bond donors (Lipinski definition) is 3. The van der Waals surface area contributed by atoms with Gasteiger partial charge in [0.25, 0.3) is 11.7 Å². The van der Waals surface area contributed by atoms with Crippen LogP contribution in [0.1, 0.15) is 0 Å². The summed E-state index contributed by atoms with van der Waals surface area (Å²) in [6.07, 6.45) is 1.74. The Morgan fingerprint density at radius 1 is 1.54 bits per heavy atom. The van der Waals surface area contributed by atoms with E-state index in [1.807, 2.05) is 0 Å². The van der Waals surface area contributed by atoms with E-state index in [1.165, 1.54) is 6.08 Å². The normalized spacial score (nSPS) is 11.2. The van der Waals surface area contributed by atoms with Gasteiger partial charge in [-0.15, -0.1) is 19.2 Å². The minimum Gasteiger partial charge on any atom is -0.346 e. The molecule has 0 aliphatic rings. The first kappa shape index (κ1) is 11.7. The van der Waals surface area contributed by atoms with Crippen LogP contribution in [0.3, 0.4) is 0 Å². The summed E-state index contributed by atoms with van der Waals surface area (Å²) in [5.41, 5.74) is 0. The molecule has 0 rings (SSSR count). The van der Waals surface area contributed by atoms with E-state index in [4.69, 9.17) is 0 Å². The van der Waals surface area contributed by atoms with Crippen molar-refractivity contribution in [3.05, 3.63) is 12.7 Å². The number of carbonyl (C=O) groups is 3. The minimum absolute atomic E-state index is 0.201. The van der Waals surface area contributed by atoms with Crippen molar-refractivity contribution in [2.24, 2.45) is 0 Å². The van der Waals surface area contributed by atoms with Crippen LogP contribution in [-0.2, 0) is 14.4 Å². The van der Waals surface area contributed by atoms with Crippen molar-refractivity contribution >= 4 is 30.7 Å². The fourth-order valence-electron chi connectivity index (χ4n) is 0.516. The van der Waals surface area contributed by atoms with Crippen LogP contribution in [-0.4, -0.2) is 30.0 Å². The van der Waals surface area contributed by atoms with Gasteiger partial charge >= 0.3 is 0 Å². The number of nitrogens with one attached hydrogen (secondary N) is 2. The van der Waals surface area contributed by atoms with E-state index in [2.05, 4.69) is 29.8 Å². The van der Waals surface area contributed by atoms with Crippen molar-refractivity contribution in [2.45, 2.75) is 5.37 Å². The molecule has 0 aliphatic carbocycles. The summed E-state index contributed by atoms with van der Waals surface area (Å²) in [7, 11) is 0. The molecule has 0 bridgehead atoms. The third kappa shape index (κ3) is 4.32. The zero-order valence-corrected chi connectivity index (χ0v) is 7.71. The highest BCUT2D eigenvalue weighted by Crippen LogP contribution is 1.90. The van der Waals surface area contributed by atoms with Gasteiger partial charge in [0.15, 0.2) is 0 Å². The molecule has 0 aromatic carbocycles. The van der Waals surface area contributed by atoms with E-state index >= 15 is 0 Å². The van der Waals surface area contributed by atoms with Gasteiger partial charge in [0, 0.05) is 6.54 Å². The molecular formula is C7H10N2O3S. The molecule has 0 aromatic rings. The summed E-state index contributed by atoms with van der Waals surface area (Å²) in [6.45, 7) is 3.56. The third-order valence-electron chi connectivity index (χ3n) is 1.11. The zero-order chi connectivity index (χ0) is 10.3. The van der Waals surface area contributed by atoms with Crippen LogP contribution in [0.15, 0.2) is 12.7 Å². The molecule has 0 spiro atoms. The van der Waals surface area contributed by atoms with Gasteiger partial charge < -0.3 is 10.6 Å². The van der Waals surface area contributed by atoms with Crippen LogP contribution < -0.4 is 10.6 Å². The molecule has 1 unspecified atom stereocenters. The molecule has 72 valence electrons. The lowest BCUT2D eigenvalue weighted by atomic mass is 10.3. The number of hydrogen-bond acceptors (Lipinski definition) is 4. The molecule has 0 radical (unpaired) electrons. The van der Waals surface area contributed by atoms with Crippen LogP contribution in [0.5, 0.6) is 0 Å². The summed E-state index contributed by atoms with van der Waals surface area (Å²) in [4.78, 5) is 31.8. The van der Waals surface area contributed by atoms with E-state index in [1.54, 1.807) is 0 Å². The van der Waals surface area contributed by atoms with Gasteiger partial charge in [-0.25, -0.2) is 0 Å². The van der Waals surface area contributed by atoms with E-state index in [0.717, 1.165) is 0 Å². The summed E-state index contributed by atoms with van der Waals surface area (Å²) in [5.74, 6) is -1.61. The quantitative estimate of drug-likeness (QED) is 0.167. The second-order valence-corrected chi connectivity index (χ2v) is 2.57. The Morgan fingerprint density at radius 2 is 2.15 bits per heavy atom. The van der Waals surface area contributed by atoms with E-state index in [-0.39, 0.29) is 6.54 Å². The highest BCUT2D eigenvalue weighted by molar-refractivity contribution is 7.82. The van der Waals surface area contributed by atoms with E-state index < -0.39 is 17.1 Å². The second kappa shape index (κ2) is 6.24.